The molecule has 1 unspecified atom stereocenters. The van der Waals surface area contributed by atoms with Crippen molar-refractivity contribution in [2.75, 3.05) is 0 Å². The first kappa shape index (κ1) is 19.2. The van der Waals surface area contributed by atoms with Crippen molar-refractivity contribution < 1.29 is 4.39 Å². The maximum absolute atomic E-state index is 12.9. The van der Waals surface area contributed by atoms with E-state index >= 15 is 0 Å². The summed E-state index contributed by atoms with van der Waals surface area (Å²) >= 11 is 0. The molecule has 0 spiro atoms. The molecule has 1 heteroatoms. The Morgan fingerprint density at radius 3 is 2.35 bits per heavy atom. The number of benzene rings is 1. The van der Waals surface area contributed by atoms with Crippen LogP contribution in [0, 0.1) is 35.4 Å². The van der Waals surface area contributed by atoms with Gasteiger partial charge in [0.15, 0.2) is 0 Å². The highest BCUT2D eigenvalue weighted by Gasteiger charge is 2.28. The molecule has 1 aromatic carbocycles. The Morgan fingerprint density at radius 2 is 1.69 bits per heavy atom. The second-order valence-corrected chi connectivity index (χ2v) is 8.30. The second-order valence-electron chi connectivity index (χ2n) is 8.30. The molecule has 0 amide bonds. The maximum atomic E-state index is 12.9. The summed E-state index contributed by atoms with van der Waals surface area (Å²) in [5.41, 5.74) is 2.18. The summed E-state index contributed by atoms with van der Waals surface area (Å²) in [5, 5.41) is 0. The highest BCUT2D eigenvalue weighted by molar-refractivity contribution is 5.41. The largest absolute Gasteiger partial charge is 0.207 e. The van der Waals surface area contributed by atoms with Gasteiger partial charge in [-0.05, 0) is 79.7 Å². The van der Waals surface area contributed by atoms with Crippen molar-refractivity contribution in [1.82, 2.24) is 0 Å². The van der Waals surface area contributed by atoms with Crippen molar-refractivity contribution in [3.8, 4) is 11.8 Å². The van der Waals surface area contributed by atoms with E-state index in [2.05, 4.69) is 24.8 Å². The number of allylic oxidation sites excluding steroid dienone is 2. The molecule has 0 radical (unpaired) electrons. The standard InChI is InChI=1S/C25H33F/c1-2-3-4-5-20-8-14-23(15-9-20)24-16-10-21(11-17-24)6-7-22-12-18-25(26)19-13-22/h10,12-13,18-20,23-24H,2-5,8-9,11,14-17H2,1H3. The summed E-state index contributed by atoms with van der Waals surface area (Å²) in [7, 11) is 0. The van der Waals surface area contributed by atoms with E-state index in [9.17, 15) is 4.39 Å². The summed E-state index contributed by atoms with van der Waals surface area (Å²) in [6, 6.07) is 6.47. The summed E-state index contributed by atoms with van der Waals surface area (Å²) in [6.07, 6.45) is 17.5. The number of hydrogen-bond donors (Lipinski definition) is 0. The lowest BCUT2D eigenvalue weighted by Gasteiger charge is -2.35. The maximum Gasteiger partial charge on any atom is 0.123 e. The fourth-order valence-corrected chi connectivity index (χ4v) is 4.71. The average Bonchev–Trinajstić information content (AvgIpc) is 2.69. The Balaban J connectivity index is 1.44. The van der Waals surface area contributed by atoms with Crippen LogP contribution in [0.2, 0.25) is 0 Å². The summed E-state index contributed by atoms with van der Waals surface area (Å²) in [6.45, 7) is 2.30. The molecule has 0 N–H and O–H groups in total. The van der Waals surface area contributed by atoms with Gasteiger partial charge in [-0.1, -0.05) is 63.4 Å². The third-order valence-electron chi connectivity index (χ3n) is 6.44. The van der Waals surface area contributed by atoms with E-state index < -0.39 is 0 Å². The van der Waals surface area contributed by atoms with Crippen LogP contribution in [0.4, 0.5) is 4.39 Å². The number of rotatable bonds is 5. The van der Waals surface area contributed by atoms with Crippen LogP contribution in [0.5, 0.6) is 0 Å². The van der Waals surface area contributed by atoms with Crippen LogP contribution in [0.1, 0.15) is 83.1 Å². The molecular formula is C25H33F. The molecule has 3 rings (SSSR count). The van der Waals surface area contributed by atoms with Gasteiger partial charge in [0, 0.05) is 5.56 Å². The molecule has 0 bridgehead atoms. The first-order valence-corrected chi connectivity index (χ1v) is 10.7. The normalized spacial score (nSPS) is 25.9. The zero-order valence-electron chi connectivity index (χ0n) is 16.3. The van der Waals surface area contributed by atoms with E-state index in [1.807, 2.05) is 0 Å². The van der Waals surface area contributed by atoms with Gasteiger partial charge in [-0.15, -0.1) is 0 Å². The predicted molar refractivity (Wildman–Crippen MR) is 108 cm³/mol. The minimum Gasteiger partial charge on any atom is -0.207 e. The van der Waals surface area contributed by atoms with Gasteiger partial charge in [0.1, 0.15) is 5.82 Å². The summed E-state index contributed by atoms with van der Waals surface area (Å²) < 4.78 is 12.9. The predicted octanol–water partition coefficient (Wildman–Crippen LogP) is 7.29. The highest BCUT2D eigenvalue weighted by Crippen LogP contribution is 2.40. The van der Waals surface area contributed by atoms with Gasteiger partial charge in [0.2, 0.25) is 0 Å². The van der Waals surface area contributed by atoms with Crippen molar-refractivity contribution in [2.45, 2.75) is 77.6 Å². The van der Waals surface area contributed by atoms with Crippen LogP contribution in [0.15, 0.2) is 35.9 Å². The lowest BCUT2D eigenvalue weighted by molar-refractivity contribution is 0.186. The molecule has 1 saturated carbocycles. The molecule has 0 heterocycles. The number of unbranched alkanes of at least 4 members (excludes halogenated alkanes) is 2. The Bertz CT molecular complexity index is 635. The van der Waals surface area contributed by atoms with Crippen molar-refractivity contribution in [1.29, 1.82) is 0 Å². The van der Waals surface area contributed by atoms with Crippen LogP contribution < -0.4 is 0 Å². The number of hydrogen-bond acceptors (Lipinski definition) is 0. The monoisotopic (exact) mass is 352 g/mol. The molecule has 0 aliphatic heterocycles. The van der Waals surface area contributed by atoms with Crippen LogP contribution in [-0.2, 0) is 0 Å². The molecule has 1 aromatic rings. The Kier molecular flexibility index (Phi) is 7.36. The second kappa shape index (κ2) is 9.96. The van der Waals surface area contributed by atoms with Gasteiger partial charge < -0.3 is 0 Å². The van der Waals surface area contributed by atoms with Crippen molar-refractivity contribution in [3.05, 3.63) is 47.3 Å². The Morgan fingerprint density at radius 1 is 0.923 bits per heavy atom. The van der Waals surface area contributed by atoms with Gasteiger partial charge >= 0.3 is 0 Å². The summed E-state index contributed by atoms with van der Waals surface area (Å²) in [5.74, 6) is 9.12. The van der Waals surface area contributed by atoms with Crippen molar-refractivity contribution in [2.24, 2.45) is 17.8 Å². The zero-order chi connectivity index (χ0) is 18.2. The third-order valence-corrected chi connectivity index (χ3v) is 6.44. The van der Waals surface area contributed by atoms with Crippen LogP contribution in [0.25, 0.3) is 0 Å². The molecule has 1 fully saturated rings. The Labute approximate surface area is 159 Å². The molecular weight excluding hydrogens is 319 g/mol. The van der Waals surface area contributed by atoms with Crippen LogP contribution in [0.3, 0.4) is 0 Å². The van der Waals surface area contributed by atoms with E-state index in [-0.39, 0.29) is 5.82 Å². The van der Waals surface area contributed by atoms with E-state index in [0.29, 0.717) is 0 Å². The molecule has 140 valence electrons. The molecule has 2 aliphatic carbocycles. The lowest BCUT2D eigenvalue weighted by atomic mass is 9.70. The molecule has 2 aliphatic rings. The van der Waals surface area contributed by atoms with E-state index in [1.165, 1.54) is 81.9 Å². The van der Waals surface area contributed by atoms with E-state index in [0.717, 1.165) is 29.7 Å². The smallest absolute Gasteiger partial charge is 0.123 e. The first-order valence-electron chi connectivity index (χ1n) is 10.7. The van der Waals surface area contributed by atoms with Gasteiger partial charge in [0.25, 0.3) is 0 Å². The fraction of sp³-hybridized carbons (Fsp3) is 0.600. The highest BCUT2D eigenvalue weighted by atomic mass is 19.1. The fourth-order valence-electron chi connectivity index (χ4n) is 4.71. The van der Waals surface area contributed by atoms with E-state index in [4.69, 9.17) is 0 Å². The lowest BCUT2D eigenvalue weighted by Crippen LogP contribution is -2.23. The molecule has 0 nitrogen and oxygen atoms in total. The zero-order valence-corrected chi connectivity index (χ0v) is 16.3. The van der Waals surface area contributed by atoms with Crippen molar-refractivity contribution >= 4 is 0 Å². The SMILES string of the molecule is CCCCCC1CCC(C2CC=C(C#Cc3ccc(F)cc3)CC2)CC1. The van der Waals surface area contributed by atoms with Crippen LogP contribution in [-0.4, -0.2) is 0 Å². The van der Waals surface area contributed by atoms with Crippen LogP contribution >= 0.6 is 0 Å². The summed E-state index contributed by atoms with van der Waals surface area (Å²) in [4.78, 5) is 0. The molecule has 1 atom stereocenters. The topological polar surface area (TPSA) is 0 Å². The van der Waals surface area contributed by atoms with Gasteiger partial charge in [-0.25, -0.2) is 4.39 Å². The minimum atomic E-state index is -0.199. The number of halogens is 1. The molecule has 0 aromatic heterocycles. The van der Waals surface area contributed by atoms with Gasteiger partial charge in [-0.2, -0.15) is 0 Å². The van der Waals surface area contributed by atoms with Gasteiger partial charge in [0.05, 0.1) is 0 Å². The average molecular weight is 353 g/mol. The van der Waals surface area contributed by atoms with E-state index in [1.54, 1.807) is 12.1 Å². The quantitative estimate of drug-likeness (QED) is 0.385. The van der Waals surface area contributed by atoms with Crippen molar-refractivity contribution in [3.63, 3.8) is 0 Å². The third kappa shape index (κ3) is 5.73. The van der Waals surface area contributed by atoms with Gasteiger partial charge in [-0.3, -0.25) is 0 Å². The molecule has 26 heavy (non-hydrogen) atoms. The Hall–Kier alpha value is -1.55. The molecule has 0 saturated heterocycles. The first-order chi connectivity index (χ1) is 12.7. The minimum absolute atomic E-state index is 0.199.